The first kappa shape index (κ1) is 18.9. The second-order valence-corrected chi connectivity index (χ2v) is 7.42. The van der Waals surface area contributed by atoms with Gasteiger partial charge in [-0.2, -0.15) is 0 Å². The lowest BCUT2D eigenvalue weighted by molar-refractivity contribution is -0.121. The van der Waals surface area contributed by atoms with Crippen molar-refractivity contribution in [1.82, 2.24) is 5.32 Å². The molecule has 0 bridgehead atoms. The van der Waals surface area contributed by atoms with Crippen LogP contribution in [0.15, 0.2) is 54.6 Å². The van der Waals surface area contributed by atoms with Crippen LogP contribution in [0.2, 0.25) is 0 Å². The summed E-state index contributed by atoms with van der Waals surface area (Å²) in [5.41, 5.74) is 2.17. The molecule has 0 radical (unpaired) electrons. The molecule has 2 aromatic carbocycles. The number of carbonyl (C=O) groups is 2. The molecule has 0 atom stereocenters. The minimum Gasteiger partial charge on any atom is -0.487 e. The van der Waals surface area contributed by atoms with Gasteiger partial charge in [0.05, 0.1) is 12.0 Å². The van der Waals surface area contributed by atoms with Gasteiger partial charge in [0.2, 0.25) is 5.91 Å². The van der Waals surface area contributed by atoms with E-state index in [9.17, 15) is 9.59 Å². The summed E-state index contributed by atoms with van der Waals surface area (Å²) in [6, 6.07) is 15.5. The van der Waals surface area contributed by atoms with Crippen LogP contribution in [-0.4, -0.2) is 17.3 Å². The summed E-state index contributed by atoms with van der Waals surface area (Å²) in [6.45, 7) is 4.23. The van der Waals surface area contributed by atoms with Crippen molar-refractivity contribution in [3.63, 3.8) is 0 Å². The van der Waals surface area contributed by atoms with Gasteiger partial charge in [-0.25, -0.2) is 0 Å². The van der Waals surface area contributed by atoms with Crippen molar-refractivity contribution in [2.75, 3.05) is 0 Å². The minimum atomic E-state index is -0.465. The molecule has 0 saturated heterocycles. The van der Waals surface area contributed by atoms with E-state index in [1.54, 1.807) is 0 Å². The number of amides is 1. The van der Waals surface area contributed by atoms with Crippen molar-refractivity contribution >= 4 is 17.8 Å². The van der Waals surface area contributed by atoms with E-state index in [0.717, 1.165) is 11.1 Å². The fourth-order valence-electron chi connectivity index (χ4n) is 3.10. The van der Waals surface area contributed by atoms with Crippen LogP contribution in [0.25, 0.3) is 6.08 Å². The Balaban J connectivity index is 1.49. The molecule has 1 aliphatic heterocycles. The topological polar surface area (TPSA) is 55.4 Å². The van der Waals surface area contributed by atoms with Crippen LogP contribution in [-0.2, 0) is 11.3 Å². The van der Waals surface area contributed by atoms with Crippen molar-refractivity contribution in [3.05, 3.63) is 71.3 Å². The number of carbonyl (C=O) groups excluding carboxylic acids is 2. The van der Waals surface area contributed by atoms with Crippen LogP contribution in [0.4, 0.5) is 0 Å². The van der Waals surface area contributed by atoms with Crippen LogP contribution in [0.5, 0.6) is 5.75 Å². The summed E-state index contributed by atoms with van der Waals surface area (Å²) in [6.07, 6.45) is 5.51. The molecule has 27 heavy (non-hydrogen) atoms. The van der Waals surface area contributed by atoms with Crippen molar-refractivity contribution in [2.45, 2.75) is 45.3 Å². The van der Waals surface area contributed by atoms with E-state index in [4.69, 9.17) is 4.74 Å². The highest BCUT2D eigenvalue weighted by molar-refractivity contribution is 6.00. The molecule has 4 heteroatoms. The van der Waals surface area contributed by atoms with Gasteiger partial charge in [-0.05, 0) is 43.5 Å². The molecule has 1 heterocycles. The quantitative estimate of drug-likeness (QED) is 0.820. The molecule has 0 spiro atoms. The SMILES string of the molecule is CC1(C)CC(=O)c2cc(CNC(=O)CC/C=C/c3ccccc3)ccc2O1. The third-order valence-electron chi connectivity index (χ3n) is 4.45. The van der Waals surface area contributed by atoms with Gasteiger partial charge in [0.15, 0.2) is 5.78 Å². The van der Waals surface area contributed by atoms with Gasteiger partial charge in [0.25, 0.3) is 0 Å². The summed E-state index contributed by atoms with van der Waals surface area (Å²) in [7, 11) is 0. The lowest BCUT2D eigenvalue weighted by atomic mass is 9.92. The molecule has 0 fully saturated rings. The van der Waals surface area contributed by atoms with E-state index in [0.29, 0.717) is 37.1 Å². The van der Waals surface area contributed by atoms with Gasteiger partial charge in [0, 0.05) is 13.0 Å². The Labute approximate surface area is 160 Å². The molecular weight excluding hydrogens is 338 g/mol. The lowest BCUT2D eigenvalue weighted by Gasteiger charge is -2.31. The lowest BCUT2D eigenvalue weighted by Crippen LogP contribution is -2.36. The van der Waals surface area contributed by atoms with Gasteiger partial charge in [0.1, 0.15) is 11.4 Å². The van der Waals surface area contributed by atoms with E-state index >= 15 is 0 Å². The molecule has 0 saturated carbocycles. The Morgan fingerprint density at radius 1 is 1.19 bits per heavy atom. The fourth-order valence-corrected chi connectivity index (χ4v) is 3.10. The number of hydrogen-bond acceptors (Lipinski definition) is 3. The molecule has 1 N–H and O–H groups in total. The van der Waals surface area contributed by atoms with Crippen LogP contribution in [0.1, 0.15) is 54.6 Å². The maximum absolute atomic E-state index is 12.3. The Morgan fingerprint density at radius 3 is 2.74 bits per heavy atom. The summed E-state index contributed by atoms with van der Waals surface area (Å²) in [5.74, 6) is 0.701. The Hall–Kier alpha value is -2.88. The molecule has 140 valence electrons. The van der Waals surface area contributed by atoms with Gasteiger partial charge in [-0.15, -0.1) is 0 Å². The molecule has 0 unspecified atom stereocenters. The molecule has 3 rings (SSSR count). The number of ether oxygens (including phenoxy) is 1. The molecule has 4 nitrogen and oxygen atoms in total. The van der Waals surface area contributed by atoms with E-state index in [2.05, 4.69) is 5.32 Å². The number of nitrogens with one attached hydrogen (secondary N) is 1. The van der Waals surface area contributed by atoms with Crippen molar-refractivity contribution in [3.8, 4) is 5.75 Å². The summed E-state index contributed by atoms with van der Waals surface area (Å²) >= 11 is 0. The zero-order valence-electron chi connectivity index (χ0n) is 15.8. The highest BCUT2D eigenvalue weighted by Crippen LogP contribution is 2.33. The van der Waals surface area contributed by atoms with Crippen LogP contribution in [0.3, 0.4) is 0 Å². The highest BCUT2D eigenvalue weighted by Gasteiger charge is 2.32. The third-order valence-corrected chi connectivity index (χ3v) is 4.45. The molecule has 1 aliphatic rings. The summed E-state index contributed by atoms with van der Waals surface area (Å²) in [4.78, 5) is 24.3. The maximum Gasteiger partial charge on any atom is 0.220 e. The number of rotatable bonds is 6. The second kappa shape index (κ2) is 8.21. The maximum atomic E-state index is 12.3. The zero-order valence-corrected chi connectivity index (χ0v) is 15.8. The molecular formula is C23H25NO3. The summed E-state index contributed by atoms with van der Waals surface area (Å²) in [5, 5.41) is 2.91. The Morgan fingerprint density at radius 2 is 1.96 bits per heavy atom. The van der Waals surface area contributed by atoms with Crippen molar-refractivity contribution in [2.24, 2.45) is 0 Å². The van der Waals surface area contributed by atoms with Crippen LogP contribution in [0, 0.1) is 0 Å². The predicted molar refractivity (Wildman–Crippen MR) is 107 cm³/mol. The van der Waals surface area contributed by atoms with E-state index < -0.39 is 5.60 Å². The first-order chi connectivity index (χ1) is 12.9. The minimum absolute atomic E-state index is 0.00542. The number of fused-ring (bicyclic) bond motifs is 1. The second-order valence-electron chi connectivity index (χ2n) is 7.42. The molecule has 1 amide bonds. The van der Waals surface area contributed by atoms with E-state index in [-0.39, 0.29) is 11.7 Å². The van der Waals surface area contributed by atoms with Crippen LogP contribution < -0.4 is 10.1 Å². The first-order valence-corrected chi connectivity index (χ1v) is 9.26. The van der Waals surface area contributed by atoms with Crippen molar-refractivity contribution in [1.29, 1.82) is 0 Å². The van der Waals surface area contributed by atoms with Crippen LogP contribution >= 0.6 is 0 Å². The molecule has 0 aromatic heterocycles. The average Bonchev–Trinajstić information content (AvgIpc) is 2.64. The Kier molecular flexibility index (Phi) is 5.75. The fraction of sp³-hybridized carbons (Fsp3) is 0.304. The average molecular weight is 363 g/mol. The Bertz CT molecular complexity index is 853. The normalized spacial score (nSPS) is 15.3. The third kappa shape index (κ3) is 5.30. The monoisotopic (exact) mass is 363 g/mol. The predicted octanol–water partition coefficient (Wildman–Crippen LogP) is 4.54. The summed E-state index contributed by atoms with van der Waals surface area (Å²) < 4.78 is 5.86. The largest absolute Gasteiger partial charge is 0.487 e. The molecule has 2 aromatic rings. The number of Topliss-reactive ketones (excluding diaryl/α,β-unsaturated/α-hetero) is 1. The molecule has 0 aliphatic carbocycles. The first-order valence-electron chi connectivity index (χ1n) is 9.26. The number of hydrogen-bond donors (Lipinski definition) is 1. The van der Waals surface area contributed by atoms with Gasteiger partial charge in [-0.1, -0.05) is 48.6 Å². The smallest absolute Gasteiger partial charge is 0.220 e. The van der Waals surface area contributed by atoms with E-state index in [1.165, 1.54) is 0 Å². The number of ketones is 1. The van der Waals surface area contributed by atoms with Gasteiger partial charge in [-0.3, -0.25) is 9.59 Å². The van der Waals surface area contributed by atoms with E-state index in [1.807, 2.05) is 74.5 Å². The zero-order chi connectivity index (χ0) is 19.3. The highest BCUT2D eigenvalue weighted by atomic mass is 16.5. The number of allylic oxidation sites excluding steroid dienone is 1. The van der Waals surface area contributed by atoms with Gasteiger partial charge < -0.3 is 10.1 Å². The van der Waals surface area contributed by atoms with Crippen molar-refractivity contribution < 1.29 is 14.3 Å². The van der Waals surface area contributed by atoms with Gasteiger partial charge >= 0.3 is 0 Å². The standard InChI is InChI=1S/C23H25NO3/c1-23(2)15-20(25)19-14-18(12-13-21(19)27-23)16-24-22(26)11-7-6-10-17-8-4-3-5-9-17/h3-6,8-10,12-14H,7,11,15-16H2,1-2H3,(H,24,26)/b10-6+. The number of benzene rings is 2.